The normalized spacial score (nSPS) is 21.6. The van der Waals surface area contributed by atoms with Crippen LogP contribution in [0.15, 0.2) is 0 Å². The van der Waals surface area contributed by atoms with E-state index in [2.05, 4.69) is 4.74 Å². The van der Waals surface area contributed by atoms with Crippen LogP contribution in [0, 0.1) is 0 Å². The van der Waals surface area contributed by atoms with E-state index < -0.39 is 0 Å². The summed E-state index contributed by atoms with van der Waals surface area (Å²) in [4.78, 5) is 25.7. The molecule has 1 fully saturated rings. The van der Waals surface area contributed by atoms with E-state index in [4.69, 9.17) is 0 Å². The molecule has 1 unspecified atom stereocenters. The van der Waals surface area contributed by atoms with Crippen molar-refractivity contribution in [3.63, 3.8) is 0 Å². The molecule has 0 aliphatic carbocycles. The van der Waals surface area contributed by atoms with E-state index in [9.17, 15) is 9.59 Å². The van der Waals surface area contributed by atoms with Gasteiger partial charge in [-0.05, 0) is 6.42 Å². The Morgan fingerprint density at radius 1 is 1.64 bits per heavy atom. The zero-order valence-electron chi connectivity index (χ0n) is 8.82. The molecule has 0 aromatic carbocycles. The summed E-state index contributed by atoms with van der Waals surface area (Å²) in [6, 6.07) is 0.120. The molecule has 0 aromatic rings. The van der Waals surface area contributed by atoms with E-state index in [-0.39, 0.29) is 24.6 Å². The molecular formula is C9H16N2O3. The first-order valence-corrected chi connectivity index (χ1v) is 4.68. The summed E-state index contributed by atoms with van der Waals surface area (Å²) in [7, 11) is 3.08. The van der Waals surface area contributed by atoms with Gasteiger partial charge < -0.3 is 14.5 Å². The number of carbonyl (C=O) groups excluding carboxylic acids is 2. The Kier molecular flexibility index (Phi) is 3.33. The number of rotatable bonds is 3. The van der Waals surface area contributed by atoms with Crippen molar-refractivity contribution < 1.29 is 14.3 Å². The Balaban J connectivity index is 2.56. The zero-order chi connectivity index (χ0) is 10.7. The fraction of sp³-hybridized carbons (Fsp3) is 0.778. The molecule has 14 heavy (non-hydrogen) atoms. The molecule has 2 amide bonds. The van der Waals surface area contributed by atoms with Gasteiger partial charge in [-0.3, -0.25) is 4.79 Å². The maximum atomic E-state index is 11.6. The summed E-state index contributed by atoms with van der Waals surface area (Å²) in [6.45, 7) is 2.69. The second-order valence-electron chi connectivity index (χ2n) is 3.41. The van der Waals surface area contributed by atoms with Crippen molar-refractivity contribution in [2.24, 2.45) is 0 Å². The molecule has 0 radical (unpaired) electrons. The number of amides is 2. The molecule has 1 heterocycles. The van der Waals surface area contributed by atoms with Gasteiger partial charge in [-0.2, -0.15) is 0 Å². The highest BCUT2D eigenvalue weighted by Crippen LogP contribution is 2.15. The number of carbonyl (C=O) groups is 2. The highest BCUT2D eigenvalue weighted by Gasteiger charge is 2.34. The Bertz CT molecular complexity index is 242. The van der Waals surface area contributed by atoms with E-state index in [0.29, 0.717) is 6.54 Å². The van der Waals surface area contributed by atoms with Crippen molar-refractivity contribution >= 4 is 12.0 Å². The Morgan fingerprint density at radius 2 is 2.29 bits per heavy atom. The van der Waals surface area contributed by atoms with Gasteiger partial charge in [0.05, 0.1) is 13.2 Å². The Morgan fingerprint density at radius 3 is 2.71 bits per heavy atom. The summed E-state index contributed by atoms with van der Waals surface area (Å²) in [6.07, 6.45) is 0.903. The molecule has 1 saturated heterocycles. The fourth-order valence-corrected chi connectivity index (χ4v) is 1.59. The van der Waals surface area contributed by atoms with E-state index in [1.807, 2.05) is 6.92 Å². The van der Waals surface area contributed by atoms with Crippen LogP contribution >= 0.6 is 0 Å². The highest BCUT2D eigenvalue weighted by atomic mass is 16.5. The predicted octanol–water partition coefficient (Wildman–Crippen LogP) is 0.305. The maximum absolute atomic E-state index is 11.6. The molecule has 1 rings (SSSR count). The number of likely N-dealkylation sites (N-methyl/N-ethyl adjacent to an activating group) is 1. The minimum absolute atomic E-state index is 0.0518. The van der Waals surface area contributed by atoms with Gasteiger partial charge in [0.2, 0.25) is 0 Å². The second-order valence-corrected chi connectivity index (χ2v) is 3.41. The molecule has 0 spiro atoms. The Hall–Kier alpha value is -1.26. The third-order valence-corrected chi connectivity index (χ3v) is 2.57. The molecular weight excluding hydrogens is 184 g/mol. The highest BCUT2D eigenvalue weighted by molar-refractivity contribution is 5.82. The van der Waals surface area contributed by atoms with Crippen molar-refractivity contribution in [2.45, 2.75) is 19.4 Å². The van der Waals surface area contributed by atoms with Crippen LogP contribution in [0.1, 0.15) is 13.3 Å². The summed E-state index contributed by atoms with van der Waals surface area (Å²) in [5.74, 6) is -0.372. The third kappa shape index (κ3) is 1.97. The average Bonchev–Trinajstić information content (AvgIpc) is 2.45. The van der Waals surface area contributed by atoms with Gasteiger partial charge >= 0.3 is 12.0 Å². The number of ether oxygens (including phenoxy) is 1. The van der Waals surface area contributed by atoms with Crippen LogP contribution in [0.3, 0.4) is 0 Å². The molecule has 1 aliphatic heterocycles. The largest absolute Gasteiger partial charge is 0.468 e. The van der Waals surface area contributed by atoms with Gasteiger partial charge in [0.25, 0.3) is 0 Å². The Labute approximate surface area is 83.6 Å². The number of esters is 1. The standard InChI is InChI=1S/C9H16N2O3/c1-4-7-5-11(6-8(12)14-3)9(13)10(7)2/h7H,4-6H2,1-3H3. The molecule has 5 heteroatoms. The number of hydrogen-bond donors (Lipinski definition) is 0. The van der Waals surface area contributed by atoms with Crippen LogP contribution in [0.5, 0.6) is 0 Å². The first-order chi connectivity index (χ1) is 6.60. The summed E-state index contributed by atoms with van der Waals surface area (Å²) in [5, 5.41) is 0. The molecule has 5 nitrogen and oxygen atoms in total. The van der Waals surface area contributed by atoms with Crippen LogP contribution in [0.4, 0.5) is 4.79 Å². The molecule has 80 valence electrons. The van der Waals surface area contributed by atoms with Crippen molar-refractivity contribution in [3.8, 4) is 0 Å². The van der Waals surface area contributed by atoms with Crippen LogP contribution in [0.25, 0.3) is 0 Å². The molecule has 0 saturated carbocycles. The lowest BCUT2D eigenvalue weighted by atomic mass is 10.2. The van der Waals surface area contributed by atoms with Gasteiger partial charge in [0, 0.05) is 13.6 Å². The van der Waals surface area contributed by atoms with Crippen molar-refractivity contribution in [3.05, 3.63) is 0 Å². The topological polar surface area (TPSA) is 49.9 Å². The van der Waals surface area contributed by atoms with E-state index in [1.165, 1.54) is 12.0 Å². The van der Waals surface area contributed by atoms with Crippen LogP contribution in [-0.2, 0) is 9.53 Å². The van der Waals surface area contributed by atoms with E-state index in [0.717, 1.165) is 6.42 Å². The third-order valence-electron chi connectivity index (χ3n) is 2.57. The number of nitrogens with zero attached hydrogens (tertiary/aromatic N) is 2. The number of hydrogen-bond acceptors (Lipinski definition) is 3. The number of urea groups is 1. The second kappa shape index (κ2) is 4.30. The summed E-state index contributed by atoms with van der Waals surface area (Å²) < 4.78 is 4.51. The van der Waals surface area contributed by atoms with Crippen LogP contribution in [-0.4, -0.2) is 55.1 Å². The molecule has 0 aromatic heterocycles. The lowest BCUT2D eigenvalue weighted by Gasteiger charge is -2.15. The van der Waals surface area contributed by atoms with Crippen molar-refractivity contribution in [1.82, 2.24) is 9.80 Å². The van der Waals surface area contributed by atoms with Gasteiger partial charge in [0.15, 0.2) is 0 Å². The zero-order valence-corrected chi connectivity index (χ0v) is 8.82. The summed E-state index contributed by atoms with van der Waals surface area (Å²) in [5.41, 5.74) is 0. The first-order valence-electron chi connectivity index (χ1n) is 4.68. The summed E-state index contributed by atoms with van der Waals surface area (Å²) >= 11 is 0. The smallest absolute Gasteiger partial charge is 0.325 e. The van der Waals surface area contributed by atoms with Gasteiger partial charge in [0.1, 0.15) is 6.54 Å². The lowest BCUT2D eigenvalue weighted by molar-refractivity contribution is -0.141. The monoisotopic (exact) mass is 200 g/mol. The maximum Gasteiger partial charge on any atom is 0.325 e. The average molecular weight is 200 g/mol. The molecule has 0 bridgehead atoms. The number of methoxy groups -OCH3 is 1. The fourth-order valence-electron chi connectivity index (χ4n) is 1.59. The van der Waals surface area contributed by atoms with Crippen molar-refractivity contribution in [1.29, 1.82) is 0 Å². The van der Waals surface area contributed by atoms with Gasteiger partial charge in [-0.1, -0.05) is 6.92 Å². The van der Waals surface area contributed by atoms with Crippen LogP contribution in [0.2, 0.25) is 0 Å². The van der Waals surface area contributed by atoms with E-state index in [1.54, 1.807) is 11.9 Å². The predicted molar refractivity (Wildman–Crippen MR) is 50.8 cm³/mol. The minimum Gasteiger partial charge on any atom is -0.468 e. The quantitative estimate of drug-likeness (QED) is 0.616. The lowest BCUT2D eigenvalue weighted by Crippen LogP contribution is -2.34. The molecule has 1 aliphatic rings. The minimum atomic E-state index is -0.372. The SMILES string of the molecule is CCC1CN(CC(=O)OC)C(=O)N1C. The molecule has 1 atom stereocenters. The van der Waals surface area contributed by atoms with Crippen molar-refractivity contribution in [2.75, 3.05) is 27.2 Å². The van der Waals surface area contributed by atoms with Gasteiger partial charge in [-0.15, -0.1) is 0 Å². The van der Waals surface area contributed by atoms with E-state index >= 15 is 0 Å². The van der Waals surface area contributed by atoms with Gasteiger partial charge in [-0.25, -0.2) is 4.79 Å². The first kappa shape index (κ1) is 10.8. The molecule has 0 N–H and O–H groups in total. The van der Waals surface area contributed by atoms with Crippen LogP contribution < -0.4 is 0 Å².